The molecule has 27 heavy (non-hydrogen) atoms. The zero-order valence-corrected chi connectivity index (χ0v) is 15.7. The van der Waals surface area contributed by atoms with Gasteiger partial charge < -0.3 is 20.5 Å². The van der Waals surface area contributed by atoms with Gasteiger partial charge in [-0.05, 0) is 30.0 Å². The summed E-state index contributed by atoms with van der Waals surface area (Å²) in [6.07, 6.45) is 2.44. The molecule has 0 aliphatic carbocycles. The van der Waals surface area contributed by atoms with Gasteiger partial charge in [0.1, 0.15) is 5.02 Å². The Morgan fingerprint density at radius 1 is 1.26 bits per heavy atom. The third kappa shape index (κ3) is 7.15. The third-order valence-corrected chi connectivity index (χ3v) is 4.15. The molecule has 0 aliphatic rings. The summed E-state index contributed by atoms with van der Waals surface area (Å²) >= 11 is 6.02. The van der Waals surface area contributed by atoms with Gasteiger partial charge in [-0.3, -0.25) is 4.79 Å². The van der Waals surface area contributed by atoms with Crippen molar-refractivity contribution in [2.75, 3.05) is 7.11 Å². The summed E-state index contributed by atoms with van der Waals surface area (Å²) in [5, 5.41) is 14.9. The number of aliphatic carboxylic acids is 1. The van der Waals surface area contributed by atoms with E-state index in [9.17, 15) is 9.59 Å². The predicted octanol–water partition coefficient (Wildman–Crippen LogP) is 3.02. The van der Waals surface area contributed by atoms with Crippen LogP contribution in [0.5, 0.6) is 5.88 Å². The molecule has 0 fully saturated rings. The number of carbonyl (C=O) groups excluding carboxylic acids is 1. The number of hydrogen-bond donors (Lipinski definition) is 3. The maximum atomic E-state index is 12.2. The molecule has 0 spiro atoms. The molecule has 2 aromatic rings. The zero-order chi connectivity index (χ0) is 19.6. The van der Waals surface area contributed by atoms with Crippen LogP contribution in [0.4, 0.5) is 4.79 Å². The third-order valence-electron chi connectivity index (χ3n) is 3.88. The Morgan fingerprint density at radius 3 is 2.63 bits per heavy atom. The number of halogens is 1. The molecular formula is C19H22ClN3O4. The second kappa shape index (κ2) is 10.4. The summed E-state index contributed by atoms with van der Waals surface area (Å²) < 4.78 is 4.99. The van der Waals surface area contributed by atoms with Crippen LogP contribution in [0.25, 0.3) is 0 Å². The van der Waals surface area contributed by atoms with Crippen LogP contribution in [0.1, 0.15) is 24.0 Å². The van der Waals surface area contributed by atoms with Gasteiger partial charge >= 0.3 is 12.0 Å². The SMILES string of the molecule is COc1ncc(CNC(=O)NC(CCC(=O)O)Cc2ccccc2)cc1Cl. The summed E-state index contributed by atoms with van der Waals surface area (Å²) in [5.41, 5.74) is 1.75. The zero-order valence-electron chi connectivity index (χ0n) is 14.9. The molecule has 1 unspecified atom stereocenters. The van der Waals surface area contributed by atoms with E-state index in [0.717, 1.165) is 11.1 Å². The van der Waals surface area contributed by atoms with E-state index in [2.05, 4.69) is 15.6 Å². The van der Waals surface area contributed by atoms with Gasteiger partial charge in [-0.25, -0.2) is 9.78 Å². The van der Waals surface area contributed by atoms with E-state index in [1.807, 2.05) is 30.3 Å². The number of hydrogen-bond acceptors (Lipinski definition) is 4. The van der Waals surface area contributed by atoms with E-state index in [1.54, 1.807) is 12.3 Å². The van der Waals surface area contributed by atoms with Crippen LogP contribution in [0.15, 0.2) is 42.6 Å². The molecule has 2 amide bonds. The Morgan fingerprint density at radius 2 is 2.00 bits per heavy atom. The summed E-state index contributed by atoms with van der Waals surface area (Å²) in [5.74, 6) is -0.573. The standard InChI is InChI=1S/C19H22ClN3O4/c1-27-18-16(20)10-14(11-21-18)12-22-19(26)23-15(7-8-17(24)25)9-13-5-3-2-4-6-13/h2-6,10-11,15H,7-9,12H2,1H3,(H,24,25)(H2,22,23,26). The Labute approximate surface area is 162 Å². The number of ether oxygens (including phenoxy) is 1. The Balaban J connectivity index is 1.91. The fourth-order valence-corrected chi connectivity index (χ4v) is 2.82. The van der Waals surface area contributed by atoms with Crippen LogP contribution in [-0.4, -0.2) is 35.2 Å². The first-order chi connectivity index (χ1) is 13.0. The van der Waals surface area contributed by atoms with Crippen LogP contribution >= 0.6 is 11.6 Å². The smallest absolute Gasteiger partial charge is 0.315 e. The average molecular weight is 392 g/mol. The number of carboxylic acids is 1. The van der Waals surface area contributed by atoms with E-state index < -0.39 is 5.97 Å². The van der Waals surface area contributed by atoms with Crippen LogP contribution in [0.2, 0.25) is 5.02 Å². The molecule has 144 valence electrons. The van der Waals surface area contributed by atoms with Crippen molar-refractivity contribution in [3.05, 3.63) is 58.7 Å². The largest absolute Gasteiger partial charge is 0.481 e. The lowest BCUT2D eigenvalue weighted by Gasteiger charge is -2.19. The highest BCUT2D eigenvalue weighted by molar-refractivity contribution is 6.31. The number of nitrogens with one attached hydrogen (secondary N) is 2. The van der Waals surface area contributed by atoms with Gasteiger partial charge in [0, 0.05) is 25.2 Å². The molecule has 2 rings (SSSR count). The van der Waals surface area contributed by atoms with E-state index >= 15 is 0 Å². The first-order valence-corrected chi connectivity index (χ1v) is 8.84. The molecule has 0 radical (unpaired) electrons. The van der Waals surface area contributed by atoms with Gasteiger partial charge in [-0.15, -0.1) is 0 Å². The fourth-order valence-electron chi connectivity index (χ4n) is 2.55. The van der Waals surface area contributed by atoms with Gasteiger partial charge in [0.2, 0.25) is 5.88 Å². The molecule has 7 nitrogen and oxygen atoms in total. The van der Waals surface area contributed by atoms with Gasteiger partial charge in [0.15, 0.2) is 0 Å². The minimum atomic E-state index is -0.894. The second-order valence-corrected chi connectivity index (χ2v) is 6.39. The number of urea groups is 1. The number of carbonyl (C=O) groups is 2. The number of pyridine rings is 1. The molecule has 1 heterocycles. The Hall–Kier alpha value is -2.80. The maximum absolute atomic E-state index is 12.2. The summed E-state index contributed by atoms with van der Waals surface area (Å²) in [7, 11) is 1.48. The van der Waals surface area contributed by atoms with Crippen molar-refractivity contribution in [3.8, 4) is 5.88 Å². The van der Waals surface area contributed by atoms with Gasteiger partial charge in [0.05, 0.1) is 7.11 Å². The number of benzene rings is 1. The molecule has 8 heteroatoms. The molecule has 3 N–H and O–H groups in total. The lowest BCUT2D eigenvalue weighted by molar-refractivity contribution is -0.137. The second-order valence-electron chi connectivity index (χ2n) is 5.98. The van der Waals surface area contributed by atoms with Gasteiger partial charge in [-0.2, -0.15) is 0 Å². The van der Waals surface area contributed by atoms with Crippen LogP contribution in [0.3, 0.4) is 0 Å². The molecule has 0 aliphatic heterocycles. The number of nitrogens with zero attached hydrogens (tertiary/aromatic N) is 1. The van der Waals surface area contributed by atoms with Crippen LogP contribution in [-0.2, 0) is 17.8 Å². The number of aromatic nitrogens is 1. The fraction of sp³-hybridized carbons (Fsp3) is 0.316. The van der Waals surface area contributed by atoms with Gasteiger partial charge in [0.25, 0.3) is 0 Å². The Kier molecular flexibility index (Phi) is 7.88. The van der Waals surface area contributed by atoms with Crippen molar-refractivity contribution in [2.45, 2.75) is 31.8 Å². The minimum absolute atomic E-state index is 0.0181. The molecule has 1 aromatic heterocycles. The van der Waals surface area contributed by atoms with Gasteiger partial charge in [-0.1, -0.05) is 41.9 Å². The molecule has 0 saturated carbocycles. The van der Waals surface area contributed by atoms with Crippen molar-refractivity contribution in [1.82, 2.24) is 15.6 Å². The van der Waals surface area contributed by atoms with Crippen molar-refractivity contribution in [1.29, 1.82) is 0 Å². The highest BCUT2D eigenvalue weighted by Crippen LogP contribution is 2.21. The summed E-state index contributed by atoms with van der Waals surface area (Å²) in [4.78, 5) is 27.1. The minimum Gasteiger partial charge on any atom is -0.481 e. The maximum Gasteiger partial charge on any atom is 0.315 e. The number of carboxylic acid groups (broad SMARTS) is 1. The Bertz CT molecular complexity index is 771. The molecule has 0 saturated heterocycles. The molecular weight excluding hydrogens is 370 g/mol. The number of methoxy groups -OCH3 is 1. The van der Waals surface area contributed by atoms with Crippen LogP contribution in [0, 0.1) is 0 Å². The van der Waals surface area contributed by atoms with E-state index in [-0.39, 0.29) is 25.0 Å². The van der Waals surface area contributed by atoms with Crippen molar-refractivity contribution in [2.24, 2.45) is 0 Å². The van der Waals surface area contributed by atoms with Crippen LogP contribution < -0.4 is 15.4 Å². The first kappa shape index (κ1) is 20.5. The van der Waals surface area contributed by atoms with E-state index in [1.165, 1.54) is 7.11 Å². The average Bonchev–Trinajstić information content (AvgIpc) is 2.65. The van der Waals surface area contributed by atoms with Crippen molar-refractivity contribution < 1.29 is 19.4 Å². The van der Waals surface area contributed by atoms with E-state index in [0.29, 0.717) is 23.7 Å². The quantitative estimate of drug-likeness (QED) is 0.610. The number of amides is 2. The monoisotopic (exact) mass is 391 g/mol. The highest BCUT2D eigenvalue weighted by atomic mass is 35.5. The highest BCUT2D eigenvalue weighted by Gasteiger charge is 2.15. The lowest BCUT2D eigenvalue weighted by atomic mass is 10.0. The topological polar surface area (TPSA) is 101 Å². The predicted molar refractivity (Wildman–Crippen MR) is 102 cm³/mol. The summed E-state index contributed by atoms with van der Waals surface area (Å²) in [6, 6.07) is 10.6. The molecule has 1 aromatic carbocycles. The summed E-state index contributed by atoms with van der Waals surface area (Å²) in [6.45, 7) is 0.236. The van der Waals surface area contributed by atoms with E-state index in [4.69, 9.17) is 21.4 Å². The normalized spacial score (nSPS) is 11.5. The first-order valence-electron chi connectivity index (χ1n) is 8.46. The molecule has 1 atom stereocenters. The number of rotatable bonds is 9. The van der Waals surface area contributed by atoms with Crippen molar-refractivity contribution in [3.63, 3.8) is 0 Å². The lowest BCUT2D eigenvalue weighted by Crippen LogP contribution is -2.43. The molecule has 0 bridgehead atoms. The van der Waals surface area contributed by atoms with Crippen molar-refractivity contribution >= 4 is 23.6 Å².